The molecule has 0 saturated carbocycles. The predicted molar refractivity (Wildman–Crippen MR) is 54.9 cm³/mol. The number of hydrogen-bond donors (Lipinski definition) is 0. The molecule has 1 aromatic rings. The summed E-state index contributed by atoms with van der Waals surface area (Å²) in [5.41, 5.74) is -0.146. The van der Waals surface area contributed by atoms with E-state index >= 15 is 0 Å². The van der Waals surface area contributed by atoms with Crippen LogP contribution in [0.25, 0.3) is 0 Å². The molecule has 0 spiro atoms. The second kappa shape index (κ2) is 3.20. The molecule has 5 heteroatoms. The molecule has 0 bridgehead atoms. The summed E-state index contributed by atoms with van der Waals surface area (Å²) in [6.07, 6.45) is 0. The van der Waals surface area contributed by atoms with Crippen LogP contribution in [0.3, 0.4) is 0 Å². The molecule has 0 atom stereocenters. The lowest BCUT2D eigenvalue weighted by Gasteiger charge is -2.19. The fraction of sp³-hybridized carbons (Fsp3) is 0.571. The highest BCUT2D eigenvalue weighted by atomic mass is 79.9. The molecule has 0 radical (unpaired) electrons. The summed E-state index contributed by atoms with van der Waals surface area (Å²) in [6.45, 7) is 6.03. The highest BCUT2D eigenvalue weighted by molar-refractivity contribution is 9.10. The molecular weight excluding hydrogens is 263 g/mol. The van der Waals surface area contributed by atoms with Gasteiger partial charge in [0, 0.05) is 0 Å². The summed E-state index contributed by atoms with van der Waals surface area (Å²) >= 11 is 15.0. The molecule has 0 saturated heterocycles. The molecule has 1 rings (SSSR count). The van der Waals surface area contributed by atoms with E-state index in [0.29, 0.717) is 14.8 Å². The standard InChI is InChI=1S/C7H9BrCl2N2/c1-7(2,3)12-6(10)4(8)5(9)11-12/h1-3H3. The van der Waals surface area contributed by atoms with Gasteiger partial charge < -0.3 is 0 Å². The quantitative estimate of drug-likeness (QED) is 0.704. The normalized spacial score (nSPS) is 12.2. The van der Waals surface area contributed by atoms with Crippen molar-refractivity contribution in [3.63, 3.8) is 0 Å². The van der Waals surface area contributed by atoms with Gasteiger partial charge in [0.25, 0.3) is 0 Å². The van der Waals surface area contributed by atoms with Crippen LogP contribution in [-0.4, -0.2) is 9.78 Å². The molecule has 0 amide bonds. The Balaban J connectivity index is 3.28. The van der Waals surface area contributed by atoms with Gasteiger partial charge in [-0.15, -0.1) is 0 Å². The molecule has 0 aliphatic rings. The Morgan fingerprint density at radius 1 is 1.33 bits per heavy atom. The molecule has 2 nitrogen and oxygen atoms in total. The Bertz CT molecular complexity index is 301. The van der Waals surface area contributed by atoms with E-state index in [1.165, 1.54) is 0 Å². The first-order valence-corrected chi connectivity index (χ1v) is 4.99. The molecule has 1 aromatic heterocycles. The highest BCUT2D eigenvalue weighted by Crippen LogP contribution is 2.33. The van der Waals surface area contributed by atoms with Gasteiger partial charge in [-0.25, -0.2) is 4.68 Å². The van der Waals surface area contributed by atoms with Crippen molar-refractivity contribution in [2.45, 2.75) is 26.3 Å². The van der Waals surface area contributed by atoms with Crippen molar-refractivity contribution in [2.75, 3.05) is 0 Å². The fourth-order valence-electron chi connectivity index (χ4n) is 0.798. The lowest BCUT2D eigenvalue weighted by Crippen LogP contribution is -2.23. The SMILES string of the molecule is CC(C)(C)n1nc(Cl)c(Br)c1Cl. The van der Waals surface area contributed by atoms with Crippen LogP contribution in [0.4, 0.5) is 0 Å². The molecule has 0 aliphatic carbocycles. The van der Waals surface area contributed by atoms with Crippen molar-refractivity contribution in [3.8, 4) is 0 Å². The highest BCUT2D eigenvalue weighted by Gasteiger charge is 2.21. The third-order valence-electron chi connectivity index (χ3n) is 1.37. The van der Waals surface area contributed by atoms with Gasteiger partial charge in [-0.2, -0.15) is 5.10 Å². The van der Waals surface area contributed by atoms with Crippen LogP contribution in [0.15, 0.2) is 4.47 Å². The van der Waals surface area contributed by atoms with E-state index in [1.807, 2.05) is 20.8 Å². The van der Waals surface area contributed by atoms with E-state index in [-0.39, 0.29) is 5.54 Å². The first-order valence-electron chi connectivity index (χ1n) is 3.44. The predicted octanol–water partition coefficient (Wildman–Crippen LogP) is 3.71. The summed E-state index contributed by atoms with van der Waals surface area (Å²) in [5.74, 6) is 0. The maximum Gasteiger partial charge on any atom is 0.166 e. The zero-order valence-electron chi connectivity index (χ0n) is 7.03. The van der Waals surface area contributed by atoms with Crippen molar-refractivity contribution in [2.24, 2.45) is 0 Å². The minimum atomic E-state index is -0.146. The Morgan fingerprint density at radius 2 is 1.83 bits per heavy atom. The van der Waals surface area contributed by atoms with Crippen LogP contribution in [0, 0.1) is 0 Å². The molecule has 68 valence electrons. The number of rotatable bonds is 0. The number of aromatic nitrogens is 2. The van der Waals surface area contributed by atoms with Gasteiger partial charge >= 0.3 is 0 Å². The average molecular weight is 272 g/mol. The first-order chi connectivity index (χ1) is 5.34. The Morgan fingerprint density at radius 3 is 2.00 bits per heavy atom. The Kier molecular flexibility index (Phi) is 2.76. The molecular formula is C7H9BrCl2N2. The number of hydrogen-bond acceptors (Lipinski definition) is 1. The van der Waals surface area contributed by atoms with Crippen molar-refractivity contribution < 1.29 is 0 Å². The van der Waals surface area contributed by atoms with Crippen LogP contribution >= 0.6 is 39.1 Å². The Hall–Kier alpha value is 0.270. The van der Waals surface area contributed by atoms with E-state index in [1.54, 1.807) is 4.68 Å². The lowest BCUT2D eigenvalue weighted by atomic mass is 10.1. The lowest BCUT2D eigenvalue weighted by molar-refractivity contribution is 0.356. The largest absolute Gasteiger partial charge is 0.246 e. The average Bonchev–Trinajstić information content (AvgIpc) is 2.15. The minimum absolute atomic E-state index is 0.146. The third kappa shape index (κ3) is 1.78. The van der Waals surface area contributed by atoms with Gasteiger partial charge in [-0.1, -0.05) is 23.2 Å². The van der Waals surface area contributed by atoms with Crippen LogP contribution in [0.2, 0.25) is 10.3 Å². The summed E-state index contributed by atoms with van der Waals surface area (Å²) in [7, 11) is 0. The zero-order chi connectivity index (χ0) is 9.52. The zero-order valence-corrected chi connectivity index (χ0v) is 10.1. The molecule has 12 heavy (non-hydrogen) atoms. The molecule has 1 heterocycles. The van der Waals surface area contributed by atoms with Gasteiger partial charge in [0.15, 0.2) is 5.15 Å². The first kappa shape index (κ1) is 10.4. The van der Waals surface area contributed by atoms with Gasteiger partial charge in [-0.05, 0) is 36.7 Å². The molecule has 0 aromatic carbocycles. The third-order valence-corrected chi connectivity index (χ3v) is 3.19. The van der Waals surface area contributed by atoms with Gasteiger partial charge in [0.1, 0.15) is 5.15 Å². The van der Waals surface area contributed by atoms with Gasteiger partial charge in [0.05, 0.1) is 10.0 Å². The van der Waals surface area contributed by atoms with Crippen LogP contribution in [0.1, 0.15) is 20.8 Å². The molecule has 0 unspecified atom stereocenters. The van der Waals surface area contributed by atoms with E-state index in [4.69, 9.17) is 23.2 Å². The Labute approximate surface area is 90.0 Å². The molecule has 0 fully saturated rings. The van der Waals surface area contributed by atoms with Crippen LogP contribution < -0.4 is 0 Å². The molecule has 0 N–H and O–H groups in total. The summed E-state index contributed by atoms with van der Waals surface area (Å²) in [5, 5.41) is 5.02. The monoisotopic (exact) mass is 270 g/mol. The van der Waals surface area contributed by atoms with Crippen molar-refractivity contribution >= 4 is 39.1 Å². The summed E-state index contributed by atoms with van der Waals surface area (Å²) in [6, 6.07) is 0. The van der Waals surface area contributed by atoms with E-state index in [9.17, 15) is 0 Å². The topological polar surface area (TPSA) is 17.8 Å². The van der Waals surface area contributed by atoms with E-state index < -0.39 is 0 Å². The second-order valence-corrected chi connectivity index (χ2v) is 4.99. The fourth-order valence-corrected chi connectivity index (χ4v) is 1.64. The van der Waals surface area contributed by atoms with E-state index in [0.717, 1.165) is 0 Å². The molecule has 0 aliphatic heterocycles. The maximum atomic E-state index is 5.97. The smallest absolute Gasteiger partial charge is 0.166 e. The minimum Gasteiger partial charge on any atom is -0.246 e. The second-order valence-electron chi connectivity index (χ2n) is 3.48. The van der Waals surface area contributed by atoms with Crippen LogP contribution in [-0.2, 0) is 5.54 Å². The van der Waals surface area contributed by atoms with Crippen molar-refractivity contribution in [1.29, 1.82) is 0 Å². The number of halogens is 3. The van der Waals surface area contributed by atoms with Gasteiger partial charge in [-0.3, -0.25) is 0 Å². The van der Waals surface area contributed by atoms with Crippen molar-refractivity contribution in [3.05, 3.63) is 14.8 Å². The van der Waals surface area contributed by atoms with Crippen molar-refractivity contribution in [1.82, 2.24) is 9.78 Å². The van der Waals surface area contributed by atoms with Gasteiger partial charge in [0.2, 0.25) is 0 Å². The van der Waals surface area contributed by atoms with Crippen LogP contribution in [0.5, 0.6) is 0 Å². The summed E-state index contributed by atoms with van der Waals surface area (Å²) < 4.78 is 2.34. The maximum absolute atomic E-state index is 5.97. The summed E-state index contributed by atoms with van der Waals surface area (Å²) in [4.78, 5) is 0. The number of nitrogens with zero attached hydrogens (tertiary/aromatic N) is 2. The van der Waals surface area contributed by atoms with E-state index in [2.05, 4.69) is 21.0 Å².